The number of nitriles is 1. The van der Waals surface area contributed by atoms with Crippen LogP contribution in [0.25, 0.3) is 10.8 Å². The lowest BCUT2D eigenvalue weighted by molar-refractivity contribution is -0.141. The quantitative estimate of drug-likeness (QED) is 0.323. The van der Waals surface area contributed by atoms with Crippen LogP contribution in [-0.2, 0) is 26.1 Å². The second-order valence-corrected chi connectivity index (χ2v) is 10.2. The molecular formula is C29H25N3O5S. The summed E-state index contributed by atoms with van der Waals surface area (Å²) in [6.07, 6.45) is 0. The third-order valence-corrected chi connectivity index (χ3v) is 7.63. The maximum atomic E-state index is 13.5. The first-order chi connectivity index (χ1) is 18.3. The molecule has 0 bridgehead atoms. The molecule has 0 atom stereocenters. The summed E-state index contributed by atoms with van der Waals surface area (Å²) in [6, 6.07) is 26.9. The largest absolute Gasteiger partial charge is 0.465 e. The molecule has 0 aliphatic rings. The predicted molar refractivity (Wildman–Crippen MR) is 144 cm³/mol. The van der Waals surface area contributed by atoms with Crippen molar-refractivity contribution >= 4 is 38.4 Å². The zero-order valence-electron chi connectivity index (χ0n) is 20.6. The summed E-state index contributed by atoms with van der Waals surface area (Å²) in [4.78, 5) is 25.4. The lowest BCUT2D eigenvalue weighted by atomic mass is 10.0. The fraction of sp³-hybridized carbons (Fsp3) is 0.138. The monoisotopic (exact) mass is 527 g/mol. The number of carbonyl (C=O) groups is 2. The summed E-state index contributed by atoms with van der Waals surface area (Å²) in [6.45, 7) is 1.55. The van der Waals surface area contributed by atoms with E-state index in [4.69, 9.17) is 10.00 Å². The van der Waals surface area contributed by atoms with E-state index in [1.165, 1.54) is 12.1 Å². The van der Waals surface area contributed by atoms with Gasteiger partial charge in [0.2, 0.25) is 0 Å². The summed E-state index contributed by atoms with van der Waals surface area (Å²) in [5, 5.41) is 13.1. The molecule has 0 aromatic heterocycles. The van der Waals surface area contributed by atoms with Crippen LogP contribution in [0.3, 0.4) is 0 Å². The molecule has 0 saturated carbocycles. The zero-order valence-corrected chi connectivity index (χ0v) is 21.4. The van der Waals surface area contributed by atoms with Gasteiger partial charge in [-0.2, -0.15) is 5.26 Å². The van der Waals surface area contributed by atoms with Gasteiger partial charge in [-0.3, -0.25) is 13.9 Å². The second-order valence-electron chi connectivity index (χ2n) is 8.33. The molecular weight excluding hydrogens is 502 g/mol. The lowest BCUT2D eigenvalue weighted by Gasteiger charge is -2.24. The Morgan fingerprint density at radius 2 is 1.68 bits per heavy atom. The van der Waals surface area contributed by atoms with Gasteiger partial charge in [0.05, 0.1) is 28.8 Å². The Morgan fingerprint density at radius 3 is 2.37 bits per heavy atom. The first-order valence-electron chi connectivity index (χ1n) is 11.9. The number of hydrogen-bond acceptors (Lipinski definition) is 6. The van der Waals surface area contributed by atoms with Crippen molar-refractivity contribution < 1.29 is 22.7 Å². The van der Waals surface area contributed by atoms with Crippen LogP contribution in [0.1, 0.15) is 28.4 Å². The molecule has 38 heavy (non-hydrogen) atoms. The highest BCUT2D eigenvalue weighted by Gasteiger charge is 2.28. The van der Waals surface area contributed by atoms with Crippen LogP contribution in [0.2, 0.25) is 0 Å². The van der Waals surface area contributed by atoms with Gasteiger partial charge in [-0.15, -0.1) is 0 Å². The van der Waals surface area contributed by atoms with Crippen LogP contribution in [0, 0.1) is 11.3 Å². The van der Waals surface area contributed by atoms with Gasteiger partial charge in [0.15, 0.2) is 0 Å². The van der Waals surface area contributed by atoms with E-state index in [9.17, 15) is 18.0 Å². The second kappa shape index (κ2) is 11.6. The van der Waals surface area contributed by atoms with Crippen molar-refractivity contribution in [3.63, 3.8) is 0 Å². The molecule has 192 valence electrons. The summed E-state index contributed by atoms with van der Waals surface area (Å²) in [7, 11) is -4.07. The molecule has 0 spiro atoms. The Kier molecular flexibility index (Phi) is 8.04. The van der Waals surface area contributed by atoms with E-state index in [1.807, 2.05) is 0 Å². The van der Waals surface area contributed by atoms with E-state index < -0.39 is 22.5 Å². The van der Waals surface area contributed by atoms with Crippen molar-refractivity contribution in [2.24, 2.45) is 0 Å². The number of fused-ring (bicyclic) bond motifs is 1. The molecule has 0 heterocycles. The standard InChI is InChI=1S/C29H25N3O5S/c1-2-37-28(33)20-32(38(35,36)25-8-4-3-5-9-25)24-15-16-26-23(17-24)7-6-10-27(26)29(34)31-19-22-13-11-21(18-30)12-14-22/h3-17H,2,19-20H2,1H3,(H,31,34). The van der Waals surface area contributed by atoms with Gasteiger partial charge in [0, 0.05) is 12.1 Å². The number of rotatable bonds is 9. The number of nitrogens with one attached hydrogen (secondary N) is 1. The molecule has 1 amide bonds. The van der Waals surface area contributed by atoms with Crippen LogP contribution in [-0.4, -0.2) is 33.4 Å². The number of ether oxygens (including phenoxy) is 1. The first kappa shape index (κ1) is 26.4. The fourth-order valence-electron chi connectivity index (χ4n) is 3.96. The molecule has 0 radical (unpaired) electrons. The van der Waals surface area contributed by atoms with Crippen molar-refractivity contribution in [1.29, 1.82) is 5.26 Å². The highest BCUT2D eigenvalue weighted by Crippen LogP contribution is 2.29. The number of esters is 1. The first-order valence-corrected chi connectivity index (χ1v) is 13.3. The Balaban J connectivity index is 1.65. The van der Waals surface area contributed by atoms with E-state index >= 15 is 0 Å². The maximum Gasteiger partial charge on any atom is 0.326 e. The average molecular weight is 528 g/mol. The number of nitrogens with zero attached hydrogens (tertiary/aromatic N) is 2. The van der Waals surface area contributed by atoms with Gasteiger partial charge in [-0.1, -0.05) is 48.5 Å². The van der Waals surface area contributed by atoms with E-state index in [-0.39, 0.29) is 29.6 Å². The van der Waals surface area contributed by atoms with Crippen molar-refractivity contribution in [2.75, 3.05) is 17.5 Å². The van der Waals surface area contributed by atoms with Crippen LogP contribution in [0.4, 0.5) is 5.69 Å². The predicted octanol–water partition coefficient (Wildman–Crippen LogP) is 4.40. The topological polar surface area (TPSA) is 117 Å². The molecule has 4 aromatic rings. The van der Waals surface area contributed by atoms with Gasteiger partial charge in [-0.05, 0) is 65.7 Å². The Hall–Kier alpha value is -4.68. The van der Waals surface area contributed by atoms with Gasteiger partial charge in [0.1, 0.15) is 6.54 Å². The van der Waals surface area contributed by atoms with Gasteiger partial charge in [-0.25, -0.2) is 8.42 Å². The van der Waals surface area contributed by atoms with Crippen molar-refractivity contribution in [3.05, 3.63) is 108 Å². The van der Waals surface area contributed by atoms with Crippen LogP contribution < -0.4 is 9.62 Å². The number of amides is 1. The third-order valence-electron chi connectivity index (χ3n) is 5.84. The van der Waals surface area contributed by atoms with Gasteiger partial charge >= 0.3 is 5.97 Å². The highest BCUT2D eigenvalue weighted by atomic mass is 32.2. The number of anilines is 1. The average Bonchev–Trinajstić information content (AvgIpc) is 2.94. The molecule has 0 aliphatic heterocycles. The van der Waals surface area contributed by atoms with Crippen LogP contribution >= 0.6 is 0 Å². The molecule has 0 saturated heterocycles. The maximum absolute atomic E-state index is 13.5. The zero-order chi connectivity index (χ0) is 27.1. The SMILES string of the molecule is CCOC(=O)CN(c1ccc2c(C(=O)NCc3ccc(C#N)cc3)cccc2c1)S(=O)(=O)c1ccccc1. The molecule has 0 fully saturated rings. The summed E-state index contributed by atoms with van der Waals surface area (Å²) >= 11 is 0. The molecule has 0 aliphatic carbocycles. The highest BCUT2D eigenvalue weighted by molar-refractivity contribution is 7.92. The van der Waals surface area contributed by atoms with E-state index in [0.717, 1.165) is 9.87 Å². The fourth-order valence-corrected chi connectivity index (χ4v) is 5.38. The molecule has 9 heteroatoms. The molecule has 8 nitrogen and oxygen atoms in total. The van der Waals surface area contributed by atoms with Crippen molar-refractivity contribution in [3.8, 4) is 6.07 Å². The molecule has 4 rings (SSSR count). The Labute approximate surface area is 221 Å². The van der Waals surface area contributed by atoms with Gasteiger partial charge in [0.25, 0.3) is 15.9 Å². The minimum atomic E-state index is -4.07. The van der Waals surface area contributed by atoms with Crippen LogP contribution in [0.15, 0.2) is 95.9 Å². The molecule has 4 aromatic carbocycles. The van der Waals surface area contributed by atoms with Crippen molar-refractivity contribution in [2.45, 2.75) is 18.4 Å². The van der Waals surface area contributed by atoms with E-state index in [2.05, 4.69) is 11.4 Å². The Bertz CT molecular complexity index is 1610. The van der Waals surface area contributed by atoms with Crippen LogP contribution in [0.5, 0.6) is 0 Å². The van der Waals surface area contributed by atoms with Crippen molar-refractivity contribution in [1.82, 2.24) is 5.32 Å². The number of sulfonamides is 1. The lowest BCUT2D eigenvalue weighted by Crippen LogP contribution is -2.36. The number of carbonyl (C=O) groups excluding carboxylic acids is 2. The summed E-state index contributed by atoms with van der Waals surface area (Å²) in [5.74, 6) is -0.976. The number of hydrogen-bond donors (Lipinski definition) is 1. The normalized spacial score (nSPS) is 10.9. The summed E-state index contributed by atoms with van der Waals surface area (Å²) in [5.41, 5.74) is 2.08. The van der Waals surface area contributed by atoms with E-state index in [1.54, 1.807) is 85.8 Å². The third kappa shape index (κ3) is 5.82. The minimum Gasteiger partial charge on any atom is -0.465 e. The Morgan fingerprint density at radius 1 is 0.947 bits per heavy atom. The molecule has 1 N–H and O–H groups in total. The molecule has 0 unspecified atom stereocenters. The minimum absolute atomic E-state index is 0.0420. The van der Waals surface area contributed by atoms with E-state index in [0.29, 0.717) is 21.9 Å². The smallest absolute Gasteiger partial charge is 0.326 e. The number of benzene rings is 4. The summed E-state index contributed by atoms with van der Waals surface area (Å²) < 4.78 is 33.0. The van der Waals surface area contributed by atoms with Gasteiger partial charge < -0.3 is 10.1 Å².